The minimum absolute atomic E-state index is 0.0761. The molecule has 4 heteroatoms. The van der Waals surface area contributed by atoms with Crippen LogP contribution in [0.4, 0.5) is 0 Å². The standard InChI is InChI=1S/C7H12N4/c1-11-5(4-8)2-3-6(11)7(9)10/h2-3H,4,8H2,1H3,(H3,9,10). The van der Waals surface area contributed by atoms with Crippen LogP contribution in [0.2, 0.25) is 0 Å². The topological polar surface area (TPSA) is 80.8 Å². The van der Waals surface area contributed by atoms with E-state index < -0.39 is 0 Å². The third-order valence-electron chi connectivity index (χ3n) is 1.71. The van der Waals surface area contributed by atoms with E-state index in [9.17, 15) is 0 Å². The predicted molar refractivity (Wildman–Crippen MR) is 44.3 cm³/mol. The van der Waals surface area contributed by atoms with Gasteiger partial charge in [-0.3, -0.25) is 5.41 Å². The average Bonchev–Trinajstić information content (AvgIpc) is 2.30. The molecular weight excluding hydrogens is 140 g/mol. The lowest BCUT2D eigenvalue weighted by atomic mass is 10.4. The zero-order valence-electron chi connectivity index (χ0n) is 6.46. The Labute approximate surface area is 65.3 Å². The Bertz CT molecular complexity index is 274. The van der Waals surface area contributed by atoms with Crippen LogP contribution in [0.15, 0.2) is 12.1 Å². The second-order valence-corrected chi connectivity index (χ2v) is 2.39. The molecule has 1 aromatic rings. The molecule has 0 saturated carbocycles. The van der Waals surface area contributed by atoms with Crippen LogP contribution in [0, 0.1) is 5.41 Å². The fourth-order valence-corrected chi connectivity index (χ4v) is 1.03. The third kappa shape index (κ3) is 1.25. The van der Waals surface area contributed by atoms with Crippen molar-refractivity contribution in [3.8, 4) is 0 Å². The summed E-state index contributed by atoms with van der Waals surface area (Å²) in [5.41, 5.74) is 12.4. The number of aromatic nitrogens is 1. The Hall–Kier alpha value is -1.29. The minimum Gasteiger partial charge on any atom is -0.382 e. The van der Waals surface area contributed by atoms with Crippen LogP contribution < -0.4 is 11.5 Å². The first-order valence-electron chi connectivity index (χ1n) is 3.36. The molecule has 5 N–H and O–H groups in total. The highest BCUT2D eigenvalue weighted by atomic mass is 15.0. The third-order valence-corrected chi connectivity index (χ3v) is 1.71. The first kappa shape index (κ1) is 7.81. The van der Waals surface area contributed by atoms with E-state index in [1.807, 2.05) is 17.7 Å². The highest BCUT2D eigenvalue weighted by Gasteiger charge is 2.03. The van der Waals surface area contributed by atoms with E-state index in [2.05, 4.69) is 0 Å². The summed E-state index contributed by atoms with van der Waals surface area (Å²) in [6.07, 6.45) is 0. The number of amidine groups is 1. The van der Waals surface area contributed by atoms with Crippen molar-refractivity contribution in [2.45, 2.75) is 6.54 Å². The van der Waals surface area contributed by atoms with Gasteiger partial charge in [-0.1, -0.05) is 0 Å². The number of hydrogen-bond acceptors (Lipinski definition) is 2. The molecule has 1 heterocycles. The molecule has 0 aliphatic heterocycles. The van der Waals surface area contributed by atoms with Crippen LogP contribution in [-0.2, 0) is 13.6 Å². The lowest BCUT2D eigenvalue weighted by Crippen LogP contribution is -2.16. The SMILES string of the molecule is Cn1c(CN)ccc1C(=N)N. The fourth-order valence-electron chi connectivity index (χ4n) is 1.03. The molecule has 1 rings (SSSR count). The molecule has 0 fully saturated rings. The summed E-state index contributed by atoms with van der Waals surface area (Å²) >= 11 is 0. The zero-order valence-corrected chi connectivity index (χ0v) is 6.46. The van der Waals surface area contributed by atoms with E-state index >= 15 is 0 Å². The summed E-state index contributed by atoms with van der Waals surface area (Å²) in [6.45, 7) is 0.476. The van der Waals surface area contributed by atoms with Crippen molar-refractivity contribution in [1.82, 2.24) is 4.57 Å². The van der Waals surface area contributed by atoms with Gasteiger partial charge in [0.2, 0.25) is 0 Å². The maximum absolute atomic E-state index is 7.18. The van der Waals surface area contributed by atoms with E-state index in [0.717, 1.165) is 5.69 Å². The normalized spacial score (nSPS) is 10.0. The lowest BCUT2D eigenvalue weighted by Gasteiger charge is -2.03. The maximum atomic E-state index is 7.18. The van der Waals surface area contributed by atoms with Crippen LogP contribution in [0.25, 0.3) is 0 Å². The van der Waals surface area contributed by atoms with Crippen LogP contribution in [-0.4, -0.2) is 10.4 Å². The number of nitrogens with zero attached hydrogens (tertiary/aromatic N) is 1. The van der Waals surface area contributed by atoms with Crippen molar-refractivity contribution in [3.05, 3.63) is 23.5 Å². The molecule has 1 aromatic heterocycles. The summed E-state index contributed by atoms with van der Waals surface area (Å²) in [5, 5.41) is 7.18. The molecule has 0 amide bonds. The number of hydrogen-bond donors (Lipinski definition) is 3. The van der Waals surface area contributed by atoms with Crippen LogP contribution in [0.3, 0.4) is 0 Å². The van der Waals surface area contributed by atoms with E-state index in [0.29, 0.717) is 12.2 Å². The monoisotopic (exact) mass is 152 g/mol. The number of nitrogens with one attached hydrogen (secondary N) is 1. The van der Waals surface area contributed by atoms with Gasteiger partial charge in [-0.2, -0.15) is 0 Å². The van der Waals surface area contributed by atoms with Gasteiger partial charge in [-0.05, 0) is 12.1 Å². The summed E-state index contributed by atoms with van der Waals surface area (Å²) in [6, 6.07) is 3.67. The second-order valence-electron chi connectivity index (χ2n) is 2.39. The van der Waals surface area contributed by atoms with Crippen molar-refractivity contribution in [3.63, 3.8) is 0 Å². The fraction of sp³-hybridized carbons (Fsp3) is 0.286. The summed E-state index contributed by atoms with van der Waals surface area (Å²) in [4.78, 5) is 0. The van der Waals surface area contributed by atoms with Gasteiger partial charge in [0.15, 0.2) is 0 Å². The molecule has 0 radical (unpaired) electrons. The van der Waals surface area contributed by atoms with Crippen molar-refractivity contribution in [1.29, 1.82) is 5.41 Å². The lowest BCUT2D eigenvalue weighted by molar-refractivity contribution is 0.815. The number of rotatable bonds is 2. The van der Waals surface area contributed by atoms with Gasteiger partial charge < -0.3 is 16.0 Å². The van der Waals surface area contributed by atoms with Crippen LogP contribution in [0.5, 0.6) is 0 Å². The van der Waals surface area contributed by atoms with Gasteiger partial charge >= 0.3 is 0 Å². The summed E-state index contributed by atoms with van der Waals surface area (Å²) in [7, 11) is 1.85. The first-order valence-corrected chi connectivity index (χ1v) is 3.36. The quantitative estimate of drug-likeness (QED) is 0.404. The predicted octanol–water partition coefficient (Wildman–Crippen LogP) is -0.232. The van der Waals surface area contributed by atoms with Gasteiger partial charge in [0.25, 0.3) is 0 Å². The molecule has 11 heavy (non-hydrogen) atoms. The molecular formula is C7H12N4. The largest absolute Gasteiger partial charge is 0.382 e. The molecule has 0 saturated heterocycles. The second kappa shape index (κ2) is 2.75. The Morgan fingerprint density at radius 2 is 2.27 bits per heavy atom. The zero-order chi connectivity index (χ0) is 8.43. The highest BCUT2D eigenvalue weighted by molar-refractivity contribution is 5.93. The molecule has 60 valence electrons. The van der Waals surface area contributed by atoms with Gasteiger partial charge in [0.1, 0.15) is 5.84 Å². The Morgan fingerprint density at radius 1 is 1.64 bits per heavy atom. The molecule has 0 unspecified atom stereocenters. The first-order chi connectivity index (χ1) is 5.16. The van der Waals surface area contributed by atoms with E-state index in [1.54, 1.807) is 6.07 Å². The summed E-state index contributed by atoms with van der Waals surface area (Å²) < 4.78 is 1.82. The molecule has 0 aliphatic carbocycles. The van der Waals surface area contributed by atoms with Crippen molar-refractivity contribution in [2.24, 2.45) is 18.5 Å². The molecule has 4 nitrogen and oxygen atoms in total. The smallest absolute Gasteiger partial charge is 0.139 e. The molecule has 0 spiro atoms. The summed E-state index contributed by atoms with van der Waals surface area (Å²) in [5.74, 6) is 0.0761. The van der Waals surface area contributed by atoms with E-state index in [-0.39, 0.29) is 5.84 Å². The number of nitrogen functional groups attached to an aromatic ring is 1. The highest BCUT2D eigenvalue weighted by Crippen LogP contribution is 2.04. The van der Waals surface area contributed by atoms with E-state index in [1.165, 1.54) is 0 Å². The Kier molecular flexibility index (Phi) is 1.96. The van der Waals surface area contributed by atoms with Gasteiger partial charge in [-0.25, -0.2) is 0 Å². The van der Waals surface area contributed by atoms with Crippen LogP contribution in [0.1, 0.15) is 11.4 Å². The van der Waals surface area contributed by atoms with E-state index in [4.69, 9.17) is 16.9 Å². The van der Waals surface area contributed by atoms with Crippen molar-refractivity contribution >= 4 is 5.84 Å². The molecule has 0 bridgehead atoms. The Morgan fingerprint density at radius 3 is 2.55 bits per heavy atom. The molecule has 0 aromatic carbocycles. The maximum Gasteiger partial charge on any atom is 0.139 e. The average molecular weight is 152 g/mol. The van der Waals surface area contributed by atoms with Gasteiger partial charge in [0, 0.05) is 19.3 Å². The van der Waals surface area contributed by atoms with Crippen molar-refractivity contribution in [2.75, 3.05) is 0 Å². The van der Waals surface area contributed by atoms with Gasteiger partial charge in [-0.15, -0.1) is 0 Å². The van der Waals surface area contributed by atoms with Crippen molar-refractivity contribution < 1.29 is 0 Å². The molecule has 0 aliphatic rings. The van der Waals surface area contributed by atoms with Crippen LogP contribution >= 0.6 is 0 Å². The number of nitrogens with two attached hydrogens (primary N) is 2. The molecule has 0 atom stereocenters. The minimum atomic E-state index is 0.0761. The Balaban J connectivity index is 3.10. The van der Waals surface area contributed by atoms with Gasteiger partial charge in [0.05, 0.1) is 5.69 Å².